The molecule has 0 radical (unpaired) electrons. The maximum absolute atomic E-state index is 5.80. The molecule has 3 N–H and O–H groups in total. The van der Waals surface area contributed by atoms with Gasteiger partial charge in [-0.2, -0.15) is 0 Å². The summed E-state index contributed by atoms with van der Waals surface area (Å²) < 4.78 is 6.85. The van der Waals surface area contributed by atoms with Crippen LogP contribution in [0.5, 0.6) is 5.75 Å². The van der Waals surface area contributed by atoms with Crippen molar-refractivity contribution in [2.75, 3.05) is 19.7 Å². The molecule has 0 aromatic heterocycles. The number of fused-ring (bicyclic) bond motifs is 1. The largest absolute Gasteiger partial charge is 0.492 e. The molecule has 0 fully saturated rings. The van der Waals surface area contributed by atoms with Crippen LogP contribution in [0.1, 0.15) is 30.9 Å². The second-order valence-electron chi connectivity index (χ2n) is 4.30. The van der Waals surface area contributed by atoms with Gasteiger partial charge in [0.2, 0.25) is 0 Å². The van der Waals surface area contributed by atoms with Gasteiger partial charge in [-0.3, -0.25) is 0 Å². The van der Waals surface area contributed by atoms with Crippen molar-refractivity contribution in [2.45, 2.75) is 25.3 Å². The normalized spacial score (nSPS) is 19.3. The summed E-state index contributed by atoms with van der Waals surface area (Å²) in [4.78, 5) is 0. The fourth-order valence-electron chi connectivity index (χ4n) is 2.16. The molecule has 2 rings (SSSR count). The van der Waals surface area contributed by atoms with E-state index in [0.717, 1.165) is 49.2 Å². The van der Waals surface area contributed by atoms with Crippen LogP contribution in [0.2, 0.25) is 0 Å². The minimum Gasteiger partial charge on any atom is -0.492 e. The monoisotopic (exact) mass is 298 g/mol. The van der Waals surface area contributed by atoms with E-state index >= 15 is 0 Å². The number of hydrogen-bond acceptors (Lipinski definition) is 3. The van der Waals surface area contributed by atoms with Crippen LogP contribution in [-0.2, 0) is 0 Å². The molecule has 1 aliphatic heterocycles. The summed E-state index contributed by atoms with van der Waals surface area (Å²) in [6.07, 6.45) is 3.22. The molecule has 17 heavy (non-hydrogen) atoms. The molecule has 0 saturated heterocycles. The second-order valence-corrected chi connectivity index (χ2v) is 5.15. The smallest absolute Gasteiger partial charge is 0.138 e. The number of rotatable bonds is 4. The van der Waals surface area contributed by atoms with Gasteiger partial charge in [0.15, 0.2) is 0 Å². The maximum Gasteiger partial charge on any atom is 0.138 e. The molecule has 0 aliphatic carbocycles. The highest BCUT2D eigenvalue weighted by Crippen LogP contribution is 2.36. The third-order valence-corrected chi connectivity index (χ3v) is 3.65. The molecular weight excluding hydrogens is 280 g/mol. The van der Waals surface area contributed by atoms with E-state index in [0.29, 0.717) is 6.04 Å². The van der Waals surface area contributed by atoms with Crippen molar-refractivity contribution < 1.29 is 4.74 Å². The molecule has 1 heterocycles. The van der Waals surface area contributed by atoms with Gasteiger partial charge in [0.25, 0.3) is 0 Å². The molecule has 1 aromatic carbocycles. The van der Waals surface area contributed by atoms with Crippen molar-refractivity contribution in [3.8, 4) is 5.75 Å². The zero-order valence-corrected chi connectivity index (χ0v) is 11.5. The molecule has 1 unspecified atom stereocenters. The SMILES string of the molecule is NCCCNC1CCCOc2c(Br)cccc21. The van der Waals surface area contributed by atoms with E-state index in [1.54, 1.807) is 0 Å². The summed E-state index contributed by atoms with van der Waals surface area (Å²) in [7, 11) is 0. The average molecular weight is 299 g/mol. The fourth-order valence-corrected chi connectivity index (χ4v) is 2.66. The molecule has 4 heteroatoms. The van der Waals surface area contributed by atoms with Crippen LogP contribution in [0.15, 0.2) is 22.7 Å². The summed E-state index contributed by atoms with van der Waals surface area (Å²) in [6.45, 7) is 2.50. The zero-order valence-electron chi connectivity index (χ0n) is 9.92. The first-order valence-electron chi connectivity index (χ1n) is 6.17. The third-order valence-electron chi connectivity index (χ3n) is 3.03. The minimum absolute atomic E-state index is 0.386. The maximum atomic E-state index is 5.80. The van der Waals surface area contributed by atoms with Gasteiger partial charge in [-0.15, -0.1) is 0 Å². The highest BCUT2D eigenvalue weighted by atomic mass is 79.9. The summed E-state index contributed by atoms with van der Waals surface area (Å²) >= 11 is 3.55. The van der Waals surface area contributed by atoms with E-state index < -0.39 is 0 Å². The summed E-state index contributed by atoms with van der Waals surface area (Å²) in [5.41, 5.74) is 6.78. The van der Waals surface area contributed by atoms with Gasteiger partial charge in [-0.25, -0.2) is 0 Å². The van der Waals surface area contributed by atoms with Gasteiger partial charge in [0.05, 0.1) is 11.1 Å². The number of halogens is 1. The first kappa shape index (κ1) is 12.9. The standard InChI is InChI=1S/C13H19BrN2O/c14-11-5-1-4-10-12(16-8-3-7-15)6-2-9-17-13(10)11/h1,4-5,12,16H,2-3,6-9,15H2. The predicted molar refractivity (Wildman–Crippen MR) is 73.3 cm³/mol. The highest BCUT2D eigenvalue weighted by Gasteiger charge is 2.20. The number of hydrogen-bond donors (Lipinski definition) is 2. The minimum atomic E-state index is 0.386. The second kappa shape index (κ2) is 6.38. The Morgan fingerprint density at radius 2 is 2.35 bits per heavy atom. The zero-order chi connectivity index (χ0) is 12.1. The first-order chi connectivity index (χ1) is 8.33. The quantitative estimate of drug-likeness (QED) is 0.840. The summed E-state index contributed by atoms with van der Waals surface area (Å²) in [5, 5.41) is 3.57. The van der Waals surface area contributed by atoms with Crippen LogP contribution in [0.25, 0.3) is 0 Å². The number of para-hydroxylation sites is 1. The lowest BCUT2D eigenvalue weighted by Crippen LogP contribution is -2.23. The van der Waals surface area contributed by atoms with Crippen molar-refractivity contribution in [2.24, 2.45) is 5.73 Å². The Balaban J connectivity index is 2.15. The Bertz CT molecular complexity index is 370. The van der Waals surface area contributed by atoms with Crippen molar-refractivity contribution in [3.05, 3.63) is 28.2 Å². The van der Waals surface area contributed by atoms with E-state index in [1.807, 2.05) is 6.07 Å². The molecule has 0 spiro atoms. The van der Waals surface area contributed by atoms with Crippen molar-refractivity contribution in [3.63, 3.8) is 0 Å². The molecule has 94 valence electrons. The van der Waals surface area contributed by atoms with Gasteiger partial charge >= 0.3 is 0 Å². The van der Waals surface area contributed by atoms with Crippen molar-refractivity contribution in [1.29, 1.82) is 0 Å². The van der Waals surface area contributed by atoms with E-state index in [-0.39, 0.29) is 0 Å². The lowest BCUT2D eigenvalue weighted by molar-refractivity contribution is 0.313. The molecule has 1 aromatic rings. The Morgan fingerprint density at radius 1 is 1.47 bits per heavy atom. The molecular formula is C13H19BrN2O. The number of ether oxygens (including phenoxy) is 1. The Kier molecular flexibility index (Phi) is 4.83. The highest BCUT2D eigenvalue weighted by molar-refractivity contribution is 9.10. The van der Waals surface area contributed by atoms with Crippen molar-refractivity contribution >= 4 is 15.9 Å². The topological polar surface area (TPSA) is 47.3 Å². The van der Waals surface area contributed by atoms with Gasteiger partial charge < -0.3 is 15.8 Å². The number of benzene rings is 1. The van der Waals surface area contributed by atoms with Crippen LogP contribution in [0, 0.1) is 0 Å². The Labute approximate surface area is 111 Å². The van der Waals surface area contributed by atoms with E-state index in [2.05, 4.69) is 33.4 Å². The Hall–Kier alpha value is -0.580. The fraction of sp³-hybridized carbons (Fsp3) is 0.538. The molecule has 0 saturated carbocycles. The van der Waals surface area contributed by atoms with E-state index in [1.165, 1.54) is 5.56 Å². The molecule has 0 amide bonds. The molecule has 1 aliphatic rings. The lowest BCUT2D eigenvalue weighted by Gasteiger charge is -2.18. The predicted octanol–water partition coefficient (Wildman–Crippen LogP) is 2.60. The first-order valence-corrected chi connectivity index (χ1v) is 6.97. The number of nitrogens with one attached hydrogen (secondary N) is 1. The van der Waals surface area contributed by atoms with Crippen LogP contribution in [-0.4, -0.2) is 19.7 Å². The van der Waals surface area contributed by atoms with Crippen LogP contribution in [0.3, 0.4) is 0 Å². The van der Waals surface area contributed by atoms with Gasteiger partial charge in [-0.05, 0) is 54.3 Å². The van der Waals surface area contributed by atoms with Crippen LogP contribution < -0.4 is 15.8 Å². The lowest BCUT2D eigenvalue weighted by atomic mass is 10.0. The molecule has 1 atom stereocenters. The average Bonchev–Trinajstić information content (AvgIpc) is 2.54. The molecule has 0 bridgehead atoms. The van der Waals surface area contributed by atoms with Gasteiger partial charge in [0.1, 0.15) is 5.75 Å². The molecule has 3 nitrogen and oxygen atoms in total. The summed E-state index contributed by atoms with van der Waals surface area (Å²) in [5.74, 6) is 0.996. The summed E-state index contributed by atoms with van der Waals surface area (Å²) in [6, 6.07) is 6.62. The number of nitrogens with two attached hydrogens (primary N) is 1. The van der Waals surface area contributed by atoms with Crippen LogP contribution in [0.4, 0.5) is 0 Å². The third kappa shape index (κ3) is 3.21. The van der Waals surface area contributed by atoms with E-state index in [4.69, 9.17) is 10.5 Å². The van der Waals surface area contributed by atoms with Gasteiger partial charge in [-0.1, -0.05) is 12.1 Å². The van der Waals surface area contributed by atoms with Gasteiger partial charge in [0, 0.05) is 11.6 Å². The van der Waals surface area contributed by atoms with Crippen LogP contribution >= 0.6 is 15.9 Å². The Morgan fingerprint density at radius 3 is 3.18 bits per heavy atom. The van der Waals surface area contributed by atoms with E-state index in [9.17, 15) is 0 Å². The van der Waals surface area contributed by atoms with Crippen molar-refractivity contribution in [1.82, 2.24) is 5.32 Å².